The minimum atomic E-state index is 0.560. The van der Waals surface area contributed by atoms with Crippen LogP contribution in [0, 0.1) is 0 Å². The maximum atomic E-state index is 5.85. The van der Waals surface area contributed by atoms with Gasteiger partial charge in [-0.1, -0.05) is 46.3 Å². The van der Waals surface area contributed by atoms with E-state index in [9.17, 15) is 0 Å². The Morgan fingerprint density at radius 1 is 1.16 bits per heavy atom. The molecule has 0 saturated carbocycles. The van der Waals surface area contributed by atoms with E-state index in [0.29, 0.717) is 11.9 Å². The lowest BCUT2D eigenvalue weighted by Gasteiger charge is -2.09. The molecule has 0 bridgehead atoms. The van der Waals surface area contributed by atoms with Crippen LogP contribution in [0.3, 0.4) is 0 Å². The molecule has 19 heavy (non-hydrogen) atoms. The lowest BCUT2D eigenvalue weighted by Crippen LogP contribution is -2.10. The SMILES string of the molecule is Brc1cccc(COCC2Cc3ccccc3S2)c1. The molecule has 1 aliphatic heterocycles. The van der Waals surface area contributed by atoms with Gasteiger partial charge in [-0.05, 0) is 35.7 Å². The van der Waals surface area contributed by atoms with Crippen LogP contribution >= 0.6 is 27.7 Å². The molecule has 0 spiro atoms. The molecule has 0 fully saturated rings. The molecule has 1 nitrogen and oxygen atoms in total. The van der Waals surface area contributed by atoms with Crippen LogP contribution in [0.1, 0.15) is 11.1 Å². The molecule has 0 N–H and O–H groups in total. The first-order chi connectivity index (χ1) is 9.31. The minimum Gasteiger partial charge on any atom is -0.376 e. The van der Waals surface area contributed by atoms with Gasteiger partial charge in [0.15, 0.2) is 0 Å². The van der Waals surface area contributed by atoms with Crippen LogP contribution in [0.5, 0.6) is 0 Å². The van der Waals surface area contributed by atoms with Gasteiger partial charge in [0.1, 0.15) is 0 Å². The summed E-state index contributed by atoms with van der Waals surface area (Å²) in [6.45, 7) is 1.50. The standard InChI is InChI=1S/C16H15BrOS/c17-14-6-3-4-12(8-14)10-18-11-15-9-13-5-1-2-7-16(13)19-15/h1-8,15H,9-11H2. The summed E-state index contributed by atoms with van der Waals surface area (Å²) in [5, 5.41) is 0.560. The highest BCUT2D eigenvalue weighted by atomic mass is 79.9. The van der Waals surface area contributed by atoms with Gasteiger partial charge in [-0.3, -0.25) is 0 Å². The molecule has 1 aliphatic rings. The predicted octanol–water partition coefficient (Wildman–Crippen LogP) is 4.68. The highest BCUT2D eigenvalue weighted by Gasteiger charge is 2.21. The van der Waals surface area contributed by atoms with Crippen LogP contribution in [0.25, 0.3) is 0 Å². The number of thioether (sulfide) groups is 1. The van der Waals surface area contributed by atoms with E-state index in [1.165, 1.54) is 16.0 Å². The molecule has 98 valence electrons. The van der Waals surface area contributed by atoms with Gasteiger partial charge in [-0.15, -0.1) is 11.8 Å². The molecule has 0 radical (unpaired) electrons. The van der Waals surface area contributed by atoms with Crippen molar-refractivity contribution in [3.8, 4) is 0 Å². The molecule has 0 amide bonds. The van der Waals surface area contributed by atoms with Crippen molar-refractivity contribution in [3.05, 3.63) is 64.1 Å². The van der Waals surface area contributed by atoms with Gasteiger partial charge in [0, 0.05) is 14.6 Å². The molecule has 3 heteroatoms. The topological polar surface area (TPSA) is 9.23 Å². The molecule has 0 saturated heterocycles. The Bertz CT molecular complexity index is 545. The third-order valence-electron chi connectivity index (χ3n) is 3.18. The van der Waals surface area contributed by atoms with E-state index in [0.717, 1.165) is 17.5 Å². The molecule has 2 aromatic rings. The molecule has 1 heterocycles. The number of hydrogen-bond acceptors (Lipinski definition) is 2. The predicted molar refractivity (Wildman–Crippen MR) is 83.6 cm³/mol. The number of hydrogen-bond donors (Lipinski definition) is 0. The van der Waals surface area contributed by atoms with Crippen molar-refractivity contribution >= 4 is 27.7 Å². The van der Waals surface area contributed by atoms with Gasteiger partial charge in [0.2, 0.25) is 0 Å². The van der Waals surface area contributed by atoms with Gasteiger partial charge in [-0.2, -0.15) is 0 Å². The molecular formula is C16H15BrOS. The summed E-state index contributed by atoms with van der Waals surface area (Å²) in [6.07, 6.45) is 1.12. The Labute approximate surface area is 126 Å². The highest BCUT2D eigenvalue weighted by molar-refractivity contribution is 9.10. The Morgan fingerprint density at radius 2 is 2.05 bits per heavy atom. The van der Waals surface area contributed by atoms with Gasteiger partial charge in [0.05, 0.1) is 13.2 Å². The second-order valence-corrected chi connectivity index (χ2v) is 6.95. The number of benzene rings is 2. The van der Waals surface area contributed by atoms with E-state index in [-0.39, 0.29) is 0 Å². The fourth-order valence-corrected chi connectivity index (χ4v) is 3.97. The highest BCUT2D eigenvalue weighted by Crippen LogP contribution is 2.36. The third-order valence-corrected chi connectivity index (χ3v) is 4.96. The molecular weight excluding hydrogens is 320 g/mol. The summed E-state index contributed by atoms with van der Waals surface area (Å²) >= 11 is 5.42. The summed E-state index contributed by atoms with van der Waals surface area (Å²) in [4.78, 5) is 1.42. The lowest BCUT2D eigenvalue weighted by atomic mass is 10.1. The molecule has 1 atom stereocenters. The summed E-state index contributed by atoms with van der Waals surface area (Å²) in [5.41, 5.74) is 2.68. The van der Waals surface area contributed by atoms with E-state index in [4.69, 9.17) is 4.74 Å². The van der Waals surface area contributed by atoms with Gasteiger partial charge in [0.25, 0.3) is 0 Å². The van der Waals surface area contributed by atoms with Gasteiger partial charge >= 0.3 is 0 Å². The van der Waals surface area contributed by atoms with E-state index in [2.05, 4.69) is 52.3 Å². The van der Waals surface area contributed by atoms with E-state index in [1.807, 2.05) is 23.9 Å². The average molecular weight is 335 g/mol. The maximum Gasteiger partial charge on any atom is 0.0717 e. The first-order valence-electron chi connectivity index (χ1n) is 6.38. The fourth-order valence-electron chi connectivity index (χ4n) is 2.28. The Morgan fingerprint density at radius 3 is 2.89 bits per heavy atom. The fraction of sp³-hybridized carbons (Fsp3) is 0.250. The van der Waals surface area contributed by atoms with Crippen molar-refractivity contribution in [2.24, 2.45) is 0 Å². The molecule has 0 aliphatic carbocycles. The van der Waals surface area contributed by atoms with Crippen molar-refractivity contribution in [2.75, 3.05) is 6.61 Å². The summed E-state index contributed by atoms with van der Waals surface area (Å²) < 4.78 is 6.96. The van der Waals surface area contributed by atoms with E-state index >= 15 is 0 Å². The van der Waals surface area contributed by atoms with E-state index < -0.39 is 0 Å². The van der Waals surface area contributed by atoms with Crippen LogP contribution in [-0.4, -0.2) is 11.9 Å². The van der Waals surface area contributed by atoms with Crippen LogP contribution in [0.15, 0.2) is 57.9 Å². The second-order valence-electron chi connectivity index (χ2n) is 4.70. The van der Waals surface area contributed by atoms with Crippen molar-refractivity contribution in [1.29, 1.82) is 0 Å². The van der Waals surface area contributed by atoms with Gasteiger partial charge in [-0.25, -0.2) is 0 Å². The summed E-state index contributed by atoms with van der Waals surface area (Å²) in [6, 6.07) is 16.9. The van der Waals surface area contributed by atoms with Crippen molar-refractivity contribution < 1.29 is 4.74 Å². The molecule has 0 aromatic heterocycles. The van der Waals surface area contributed by atoms with E-state index in [1.54, 1.807) is 0 Å². The normalized spacial score (nSPS) is 17.4. The van der Waals surface area contributed by atoms with Crippen molar-refractivity contribution in [1.82, 2.24) is 0 Å². The van der Waals surface area contributed by atoms with Crippen LogP contribution in [0.2, 0.25) is 0 Å². The minimum absolute atomic E-state index is 0.560. The second kappa shape index (κ2) is 6.12. The zero-order valence-corrected chi connectivity index (χ0v) is 12.9. The number of halogens is 1. The Hall–Kier alpha value is -0.770. The Kier molecular flexibility index (Phi) is 4.26. The molecule has 2 aromatic carbocycles. The third kappa shape index (κ3) is 3.41. The number of rotatable bonds is 4. The monoisotopic (exact) mass is 334 g/mol. The first kappa shape index (κ1) is 13.2. The largest absolute Gasteiger partial charge is 0.376 e. The zero-order valence-electron chi connectivity index (χ0n) is 10.5. The van der Waals surface area contributed by atoms with Crippen LogP contribution < -0.4 is 0 Å². The smallest absolute Gasteiger partial charge is 0.0717 e. The average Bonchev–Trinajstić information content (AvgIpc) is 2.81. The quantitative estimate of drug-likeness (QED) is 0.802. The Balaban J connectivity index is 1.50. The van der Waals surface area contributed by atoms with Crippen LogP contribution in [-0.2, 0) is 17.8 Å². The molecule has 1 unspecified atom stereocenters. The van der Waals surface area contributed by atoms with Gasteiger partial charge < -0.3 is 4.74 Å². The molecule has 3 rings (SSSR count). The number of fused-ring (bicyclic) bond motifs is 1. The summed E-state index contributed by atoms with van der Waals surface area (Å²) in [5.74, 6) is 0. The van der Waals surface area contributed by atoms with Crippen LogP contribution in [0.4, 0.5) is 0 Å². The lowest BCUT2D eigenvalue weighted by molar-refractivity contribution is 0.122. The van der Waals surface area contributed by atoms with Crippen molar-refractivity contribution in [3.63, 3.8) is 0 Å². The zero-order chi connectivity index (χ0) is 13.1. The number of ether oxygens (including phenoxy) is 1. The van der Waals surface area contributed by atoms with Crippen molar-refractivity contribution in [2.45, 2.75) is 23.2 Å². The maximum absolute atomic E-state index is 5.85. The summed E-state index contributed by atoms with van der Waals surface area (Å²) in [7, 11) is 0. The first-order valence-corrected chi connectivity index (χ1v) is 8.05.